The zero-order valence-corrected chi connectivity index (χ0v) is 11.3. The van der Waals surface area contributed by atoms with Crippen LogP contribution >= 0.6 is 0 Å². The maximum atomic E-state index is 12.7. The lowest BCUT2D eigenvalue weighted by atomic mass is 10.1. The van der Waals surface area contributed by atoms with Crippen molar-refractivity contribution in [3.05, 3.63) is 24.2 Å². The molecule has 0 spiro atoms. The molecule has 0 bridgehead atoms. The van der Waals surface area contributed by atoms with Crippen molar-refractivity contribution in [3.63, 3.8) is 0 Å². The third kappa shape index (κ3) is 2.84. The minimum absolute atomic E-state index is 0.0237. The summed E-state index contributed by atoms with van der Waals surface area (Å²) in [6, 6.07) is 4.27. The summed E-state index contributed by atoms with van der Waals surface area (Å²) in [5.74, 6) is 1.15. The van der Waals surface area contributed by atoms with Crippen LogP contribution in [0.25, 0.3) is 0 Å². The Kier molecular flexibility index (Phi) is 3.87. The molecule has 1 aliphatic carbocycles. The molecule has 3 rings (SSSR count). The summed E-state index contributed by atoms with van der Waals surface area (Å²) in [5, 5.41) is 3.32. The molecule has 2 fully saturated rings. The summed E-state index contributed by atoms with van der Waals surface area (Å²) in [6.07, 6.45) is 8.52. The summed E-state index contributed by atoms with van der Waals surface area (Å²) in [4.78, 5) is 14.7. The molecule has 2 heterocycles. The lowest BCUT2D eigenvalue weighted by molar-refractivity contribution is -0.136. The zero-order valence-electron chi connectivity index (χ0n) is 11.3. The van der Waals surface area contributed by atoms with Crippen molar-refractivity contribution in [1.29, 1.82) is 0 Å². The molecule has 1 atom stereocenters. The first-order valence-corrected chi connectivity index (χ1v) is 7.41. The van der Waals surface area contributed by atoms with Crippen molar-refractivity contribution in [2.75, 3.05) is 6.54 Å². The van der Waals surface area contributed by atoms with Gasteiger partial charge in [0.1, 0.15) is 5.76 Å². The number of nitrogens with zero attached hydrogens (tertiary/aromatic N) is 1. The zero-order chi connectivity index (χ0) is 13.1. The van der Waals surface area contributed by atoms with Crippen molar-refractivity contribution >= 4 is 5.91 Å². The predicted octanol–water partition coefficient (Wildman–Crippen LogP) is 2.30. The number of carbonyl (C=O) groups is 1. The third-order valence-electron chi connectivity index (χ3n) is 4.31. The maximum absolute atomic E-state index is 12.7. The van der Waals surface area contributed by atoms with Crippen molar-refractivity contribution in [2.45, 2.75) is 57.2 Å². The van der Waals surface area contributed by atoms with E-state index >= 15 is 0 Å². The normalized spacial score (nSPS) is 23.9. The number of amides is 1. The molecule has 1 aliphatic heterocycles. The molecule has 4 heteroatoms. The van der Waals surface area contributed by atoms with E-state index in [0.717, 1.165) is 38.0 Å². The monoisotopic (exact) mass is 262 g/mol. The highest BCUT2D eigenvalue weighted by Gasteiger charge is 2.33. The van der Waals surface area contributed by atoms with E-state index in [9.17, 15) is 4.79 Å². The summed E-state index contributed by atoms with van der Waals surface area (Å²) in [7, 11) is 0. The molecule has 1 saturated heterocycles. The largest absolute Gasteiger partial charge is 0.467 e. The van der Waals surface area contributed by atoms with Gasteiger partial charge in [-0.2, -0.15) is 0 Å². The van der Waals surface area contributed by atoms with Gasteiger partial charge in [0.2, 0.25) is 5.91 Å². The van der Waals surface area contributed by atoms with Crippen LogP contribution in [0.3, 0.4) is 0 Å². The Balaban J connectivity index is 1.72. The number of carbonyl (C=O) groups excluding carboxylic acids is 1. The highest BCUT2D eigenvalue weighted by molar-refractivity contribution is 5.82. The summed E-state index contributed by atoms with van der Waals surface area (Å²) in [5.41, 5.74) is 0. The molecule has 104 valence electrons. The van der Waals surface area contributed by atoms with Gasteiger partial charge in [0.05, 0.1) is 18.8 Å². The second-order valence-corrected chi connectivity index (χ2v) is 5.63. The summed E-state index contributed by atoms with van der Waals surface area (Å²) in [6.45, 7) is 1.59. The Morgan fingerprint density at radius 3 is 2.79 bits per heavy atom. The topological polar surface area (TPSA) is 45.5 Å². The number of furan rings is 1. The average Bonchev–Trinajstić information content (AvgIpc) is 3.15. The van der Waals surface area contributed by atoms with Crippen molar-refractivity contribution < 1.29 is 9.21 Å². The van der Waals surface area contributed by atoms with E-state index in [1.54, 1.807) is 6.26 Å². The van der Waals surface area contributed by atoms with Crippen molar-refractivity contribution in [2.24, 2.45) is 0 Å². The number of hydrogen-bond donors (Lipinski definition) is 1. The molecule has 0 aromatic carbocycles. The first kappa shape index (κ1) is 12.7. The Morgan fingerprint density at radius 1 is 1.32 bits per heavy atom. The Hall–Kier alpha value is -1.29. The van der Waals surface area contributed by atoms with Gasteiger partial charge >= 0.3 is 0 Å². The maximum Gasteiger partial charge on any atom is 0.240 e. The molecule has 1 amide bonds. The molecule has 19 heavy (non-hydrogen) atoms. The standard InChI is InChI=1S/C15H22N2O2/c18-15(14-8-3-9-16-14)17(12-5-1-2-6-12)11-13-7-4-10-19-13/h4,7,10,12,14,16H,1-3,5-6,8-9,11H2/t14-/m1/s1. The predicted molar refractivity (Wildman–Crippen MR) is 72.5 cm³/mol. The molecule has 1 saturated carbocycles. The van der Waals surface area contributed by atoms with Crippen molar-refractivity contribution in [1.82, 2.24) is 10.2 Å². The minimum Gasteiger partial charge on any atom is -0.467 e. The lowest BCUT2D eigenvalue weighted by Gasteiger charge is -2.30. The van der Waals surface area contributed by atoms with Crippen LogP contribution in [-0.4, -0.2) is 29.4 Å². The Bertz CT molecular complexity index is 404. The smallest absolute Gasteiger partial charge is 0.240 e. The SMILES string of the molecule is O=C([C@H]1CCCN1)N(Cc1ccco1)C1CCCC1. The summed E-state index contributed by atoms with van der Waals surface area (Å²) < 4.78 is 5.42. The van der Waals surface area contributed by atoms with E-state index in [-0.39, 0.29) is 11.9 Å². The van der Waals surface area contributed by atoms with Crippen molar-refractivity contribution in [3.8, 4) is 0 Å². The molecule has 4 nitrogen and oxygen atoms in total. The molecule has 2 aliphatic rings. The summed E-state index contributed by atoms with van der Waals surface area (Å²) >= 11 is 0. The highest BCUT2D eigenvalue weighted by Crippen LogP contribution is 2.26. The van der Waals surface area contributed by atoms with Gasteiger partial charge in [0.25, 0.3) is 0 Å². The minimum atomic E-state index is 0.0237. The van der Waals surface area contributed by atoms with Crippen LogP contribution in [0.1, 0.15) is 44.3 Å². The van der Waals surface area contributed by atoms with Crippen LogP contribution in [0, 0.1) is 0 Å². The van der Waals surface area contributed by atoms with Gasteiger partial charge in [-0.05, 0) is 44.4 Å². The van der Waals surface area contributed by atoms with E-state index in [0.29, 0.717) is 12.6 Å². The van der Waals surface area contributed by atoms with Gasteiger partial charge in [0.15, 0.2) is 0 Å². The van der Waals surface area contributed by atoms with E-state index in [1.165, 1.54) is 12.8 Å². The van der Waals surface area contributed by atoms with Crippen LogP contribution < -0.4 is 5.32 Å². The number of rotatable bonds is 4. The average molecular weight is 262 g/mol. The van der Waals surface area contributed by atoms with Gasteiger partial charge in [-0.1, -0.05) is 12.8 Å². The van der Waals surface area contributed by atoms with Gasteiger partial charge in [-0.3, -0.25) is 4.79 Å². The molecular formula is C15H22N2O2. The molecule has 1 aromatic rings. The molecule has 1 N–H and O–H groups in total. The highest BCUT2D eigenvalue weighted by atomic mass is 16.3. The molecule has 1 aromatic heterocycles. The molecular weight excluding hydrogens is 240 g/mol. The Morgan fingerprint density at radius 2 is 2.16 bits per heavy atom. The fraction of sp³-hybridized carbons (Fsp3) is 0.667. The van der Waals surface area contributed by atoms with Gasteiger partial charge < -0.3 is 14.6 Å². The van der Waals surface area contributed by atoms with Crippen LogP contribution in [0.2, 0.25) is 0 Å². The van der Waals surface area contributed by atoms with E-state index < -0.39 is 0 Å². The second-order valence-electron chi connectivity index (χ2n) is 5.63. The van der Waals surface area contributed by atoms with Gasteiger partial charge in [0, 0.05) is 6.04 Å². The van der Waals surface area contributed by atoms with Crippen LogP contribution in [0.4, 0.5) is 0 Å². The van der Waals surface area contributed by atoms with E-state index in [1.807, 2.05) is 12.1 Å². The third-order valence-corrected chi connectivity index (χ3v) is 4.31. The fourth-order valence-electron chi connectivity index (χ4n) is 3.27. The first-order valence-electron chi connectivity index (χ1n) is 7.41. The Labute approximate surface area is 114 Å². The molecule has 0 unspecified atom stereocenters. The first-order chi connectivity index (χ1) is 9.34. The van der Waals surface area contributed by atoms with Crippen LogP contribution in [-0.2, 0) is 11.3 Å². The van der Waals surface area contributed by atoms with Gasteiger partial charge in [-0.15, -0.1) is 0 Å². The van der Waals surface area contributed by atoms with Crippen LogP contribution in [0.5, 0.6) is 0 Å². The number of hydrogen-bond acceptors (Lipinski definition) is 3. The lowest BCUT2D eigenvalue weighted by Crippen LogP contribution is -2.47. The number of nitrogens with one attached hydrogen (secondary N) is 1. The van der Waals surface area contributed by atoms with E-state index in [2.05, 4.69) is 10.2 Å². The van der Waals surface area contributed by atoms with Crippen LogP contribution in [0.15, 0.2) is 22.8 Å². The van der Waals surface area contributed by atoms with E-state index in [4.69, 9.17) is 4.42 Å². The fourth-order valence-corrected chi connectivity index (χ4v) is 3.27. The molecule has 0 radical (unpaired) electrons. The van der Waals surface area contributed by atoms with Gasteiger partial charge in [-0.25, -0.2) is 0 Å². The second kappa shape index (κ2) is 5.78. The quantitative estimate of drug-likeness (QED) is 0.905.